The molecule has 29 heteroatoms. The molecule has 1 heterocycles. The summed E-state index contributed by atoms with van der Waals surface area (Å²) in [5.74, 6) is 12.1. The summed E-state index contributed by atoms with van der Waals surface area (Å²) in [4.78, 5) is 145. The Morgan fingerprint density at radius 1 is 0.381 bits per heavy atom. The van der Waals surface area contributed by atoms with E-state index in [1.165, 1.54) is 38.5 Å². The van der Waals surface area contributed by atoms with Gasteiger partial charge in [0.25, 0.3) is 0 Å². The van der Waals surface area contributed by atoms with Crippen LogP contribution in [0.3, 0.4) is 0 Å². The molecule has 2 amide bonds. The molecule has 21 saturated carbocycles. The van der Waals surface area contributed by atoms with Crippen molar-refractivity contribution in [3.05, 3.63) is 0 Å². The van der Waals surface area contributed by atoms with Crippen molar-refractivity contribution in [3.8, 4) is 0 Å². The number of carboxylic acids is 3. The van der Waals surface area contributed by atoms with E-state index in [1.54, 1.807) is 13.8 Å². The first-order valence-corrected chi connectivity index (χ1v) is 55.7. The zero-order valence-electron chi connectivity index (χ0n) is 86.2. The van der Waals surface area contributed by atoms with Gasteiger partial charge in [-0.1, -0.05) is 102 Å². The van der Waals surface area contributed by atoms with Gasteiger partial charge < -0.3 is 68.0 Å². The van der Waals surface area contributed by atoms with Crippen LogP contribution in [0, 0.1) is 302 Å². The Bertz CT molecular complexity index is 4510. The zero-order valence-corrected chi connectivity index (χ0v) is 87.0. The van der Waals surface area contributed by atoms with Crippen molar-refractivity contribution in [3.63, 3.8) is 0 Å². The second-order valence-electron chi connectivity index (χ2n) is 50.2. The van der Waals surface area contributed by atoms with Crippen molar-refractivity contribution < 1.29 is 125 Å². The van der Waals surface area contributed by atoms with Crippen LogP contribution in [-0.4, -0.2) is 158 Å². The Morgan fingerprint density at radius 3 is 0.978 bits per heavy atom. The van der Waals surface area contributed by atoms with Crippen molar-refractivity contribution in [2.45, 2.75) is 272 Å². The number of hydrogen-bond donors (Lipinski definition) is 5. The quantitative estimate of drug-likeness (QED) is 0.00559. The first-order chi connectivity index (χ1) is 66.1. The number of rotatable bonds is 28. The summed E-state index contributed by atoms with van der Waals surface area (Å²) in [6.07, 6.45) is 15.5. The fraction of sp³-hybridized carbons (Fsp3) is 0.900. The highest BCUT2D eigenvalue weighted by atomic mass is 32.2. The molecule has 0 spiro atoms. The lowest BCUT2D eigenvalue weighted by Gasteiger charge is -2.45. The Labute approximate surface area is 827 Å². The highest BCUT2D eigenvalue weighted by molar-refractivity contribution is 7.93. The summed E-state index contributed by atoms with van der Waals surface area (Å²) in [5.41, 5.74) is -0.554. The van der Waals surface area contributed by atoms with Crippen LogP contribution in [-0.2, 0) is 109 Å². The summed E-state index contributed by atoms with van der Waals surface area (Å²) < 4.78 is 62.0. The minimum Gasteiger partial charge on any atom is -0.481 e. The third-order valence-corrected chi connectivity index (χ3v) is 44.4. The molecule has 22 rings (SSSR count). The van der Waals surface area contributed by atoms with Crippen LogP contribution in [0.2, 0.25) is 0 Å². The van der Waals surface area contributed by atoms with Gasteiger partial charge in [0.15, 0.2) is 38.4 Å². The standard InChI is InChI=1S/C26H41NO5S.C23H33NO6.C22H34O5.C20H30O5.C19H28O5/c1-13-14(2)17-11-16(13)20-18-12-19(21(17)20)23(25(29)30-26(3,4)5)22(18)24(28)27-33-32-31-15-9-7-6-8-10-15;1-4-28-9-30-23(27)21-16-7-15(18-13-6-14(19(16)18)11(3)10(13)2)20(21)22(26)24-12-5-17(25)29-8-12;1-9(2)8-26-12(5)27-22(25)20-16-7-15(19(20)21(23)24)17-13-6-14(18(16)17)11(4)10(13)3;1-5-24-10(4)25-20(23)18-14-7-13(17(18)19(21)22)15-11-6-12(16(14)15)9(3)8(11)2;1-4-23-7-24-19(22)17-13-6-12(16(17)18(20)21)14-10-5-11(15(13)14)9(3)8(10)2/h13-23H,6-12H2,1-5H3,(H,27,28);10-16,18-21H,4-9H2,1-3H3,(H,24,26);9-20H,6-8H2,1-5H3,(H,23,24);8-18H,5-7H2,1-4H3,(H,21,22);8-17H,4-7H2,1-3H3,(H,20,21). The lowest BCUT2D eigenvalue weighted by atomic mass is 9.59. The van der Waals surface area contributed by atoms with Crippen LogP contribution in [0.1, 0.15) is 241 Å². The predicted octanol–water partition coefficient (Wildman–Crippen LogP) is 16.7. The van der Waals surface area contributed by atoms with Crippen LogP contribution in [0.25, 0.3) is 0 Å². The van der Waals surface area contributed by atoms with Gasteiger partial charge in [-0.15, -0.1) is 4.33 Å². The van der Waals surface area contributed by atoms with Gasteiger partial charge >= 0.3 is 53.7 Å². The normalized spacial score (nSPS) is 48.1. The molecule has 0 aromatic rings. The summed E-state index contributed by atoms with van der Waals surface area (Å²) >= 11 is 0.864. The molecule has 0 aromatic carbocycles. The smallest absolute Gasteiger partial charge is 0.312 e. The number of nitrogens with one attached hydrogen (secondary N) is 2. The number of carbonyl (C=O) groups excluding carboxylic acids is 8. The highest BCUT2D eigenvalue weighted by Crippen LogP contribution is 2.79. The molecular formula is C110H166N2O26S. The second kappa shape index (κ2) is 40.8. The number of ether oxygens (including phenoxy) is 10. The van der Waals surface area contributed by atoms with Crippen LogP contribution in [0.15, 0.2) is 0 Å². The summed E-state index contributed by atoms with van der Waals surface area (Å²) in [6.45, 7) is 44.4. The monoisotopic (exact) mass is 1960 g/mol. The van der Waals surface area contributed by atoms with E-state index in [0.717, 1.165) is 70.0 Å². The molecule has 778 valence electrons. The number of esters is 6. The Kier molecular flexibility index (Phi) is 30.3. The van der Waals surface area contributed by atoms with Crippen LogP contribution in [0.4, 0.5) is 0 Å². The fourth-order valence-corrected chi connectivity index (χ4v) is 39.3. The molecule has 139 heavy (non-hydrogen) atoms. The fourth-order valence-electron chi connectivity index (χ4n) is 38.9. The number of aliphatic carboxylic acids is 3. The molecule has 5 N–H and O–H groups in total. The van der Waals surface area contributed by atoms with E-state index in [1.807, 2.05) is 55.4 Å². The molecule has 21 aliphatic carbocycles. The van der Waals surface area contributed by atoms with Crippen molar-refractivity contribution >= 4 is 77.8 Å². The van der Waals surface area contributed by atoms with Crippen molar-refractivity contribution in [1.29, 1.82) is 0 Å². The summed E-state index contributed by atoms with van der Waals surface area (Å²) in [7, 11) is 0. The SMILES string of the molecule is CC(C)COC(C)OC(=O)C1C2CC(C1C(=O)O)C1C3CC(C(C)C3C)C21.CC1C(C)C2CC1C1C3CC(C(C(=O)OC(C)(C)C)C3C(=O)NSOOC3CCCCC3)C21.CCOC(C)OC(=O)C1C2CC(C1C(=O)O)C1C3CC(C(C)C3C)C21.CCOCOC(=O)C1C2CC(C1C(=O)NC1COC(=O)C1)C1C3CC(C(C)C3C)C21.CCOCOC(=O)C1C2CC(C1C(=O)O)C1C3CC(C(C)C3C)C21. The van der Waals surface area contributed by atoms with Crippen molar-refractivity contribution in [2.75, 3.05) is 46.6 Å². The number of carbonyl (C=O) groups is 11. The lowest BCUT2D eigenvalue weighted by Crippen LogP contribution is -2.51. The maximum absolute atomic E-state index is 13.4. The minimum atomic E-state index is -0.819. The van der Waals surface area contributed by atoms with Gasteiger partial charge in [0, 0.05) is 19.8 Å². The Morgan fingerprint density at radius 2 is 0.676 bits per heavy atom. The van der Waals surface area contributed by atoms with E-state index >= 15 is 0 Å². The molecule has 0 radical (unpaired) electrons. The van der Waals surface area contributed by atoms with Crippen molar-refractivity contribution in [1.82, 2.24) is 10.0 Å². The van der Waals surface area contributed by atoms with Gasteiger partial charge in [-0.3, -0.25) is 57.5 Å². The number of cyclic esters (lactones) is 1. The predicted molar refractivity (Wildman–Crippen MR) is 507 cm³/mol. The molecule has 22 aliphatic rings. The second-order valence-corrected chi connectivity index (χ2v) is 50.7. The number of carboxylic acid groups (broad SMARTS) is 3. The first kappa shape index (κ1) is 103. The topological polar surface area (TPSA) is 383 Å². The molecule has 1 aliphatic heterocycles. The first-order valence-electron chi connectivity index (χ1n) is 54.9. The summed E-state index contributed by atoms with van der Waals surface area (Å²) in [6, 6.07) is -0.293. The van der Waals surface area contributed by atoms with Crippen molar-refractivity contribution in [2.24, 2.45) is 302 Å². The maximum atomic E-state index is 13.4. The molecule has 53 atom stereocenters. The zero-order chi connectivity index (χ0) is 99.5. The third kappa shape index (κ3) is 18.0. The Balaban J connectivity index is 0.000000116. The molecule has 0 aromatic heterocycles. The van der Waals surface area contributed by atoms with Crippen LogP contribution >= 0.6 is 12.2 Å². The van der Waals surface area contributed by atoms with E-state index in [-0.39, 0.29) is 163 Å². The highest BCUT2D eigenvalue weighted by Gasteiger charge is 2.78. The molecule has 28 nitrogen and oxygen atoms in total. The van der Waals surface area contributed by atoms with Gasteiger partial charge in [0.2, 0.25) is 11.8 Å². The number of fused-ring (bicyclic) bond motifs is 45. The van der Waals surface area contributed by atoms with Gasteiger partial charge in [-0.05, 0) is 375 Å². The van der Waals surface area contributed by atoms with Gasteiger partial charge in [0.05, 0.1) is 84.4 Å². The average Bonchev–Trinajstić information content (AvgIpc) is 1.54. The van der Waals surface area contributed by atoms with E-state index in [2.05, 4.69) is 79.3 Å². The van der Waals surface area contributed by atoms with Gasteiger partial charge in [-0.25, -0.2) is 4.89 Å². The van der Waals surface area contributed by atoms with E-state index in [0.29, 0.717) is 210 Å². The molecule has 22 fully saturated rings. The van der Waals surface area contributed by atoms with Gasteiger partial charge in [0.1, 0.15) is 12.2 Å². The largest absolute Gasteiger partial charge is 0.481 e. The van der Waals surface area contributed by atoms with Gasteiger partial charge in [-0.2, -0.15) is 0 Å². The lowest BCUT2D eigenvalue weighted by molar-refractivity contribution is -0.238. The molecule has 53 unspecified atom stereocenters. The molecule has 1 saturated heterocycles. The summed E-state index contributed by atoms with van der Waals surface area (Å²) in [5, 5.41) is 32.6. The third-order valence-electron chi connectivity index (χ3n) is 43.9. The Hall–Kier alpha value is -5.72. The van der Waals surface area contributed by atoms with E-state index < -0.39 is 77.5 Å². The van der Waals surface area contributed by atoms with E-state index in [9.17, 15) is 68.1 Å². The molecular weight excluding hydrogens is 1800 g/mol. The number of amides is 2. The molecule has 20 bridgehead atoms. The maximum Gasteiger partial charge on any atom is 0.312 e. The number of hydrogen-bond acceptors (Lipinski definition) is 24. The van der Waals surface area contributed by atoms with Crippen LogP contribution < -0.4 is 10.0 Å². The van der Waals surface area contributed by atoms with Crippen LogP contribution in [0.5, 0.6) is 0 Å². The minimum absolute atomic E-state index is 0.0594. The average molecular weight is 1960 g/mol. The van der Waals surface area contributed by atoms with E-state index in [4.69, 9.17) is 56.6 Å².